The lowest BCUT2D eigenvalue weighted by Gasteiger charge is -2.12. The van der Waals surface area contributed by atoms with Gasteiger partial charge in [0.2, 0.25) is 0 Å². The van der Waals surface area contributed by atoms with Crippen molar-refractivity contribution in [2.45, 2.75) is 12.5 Å². The summed E-state index contributed by atoms with van der Waals surface area (Å²) < 4.78 is 4.09. The van der Waals surface area contributed by atoms with Crippen LogP contribution >= 0.6 is 43.2 Å². The molecule has 1 aromatic carbocycles. The Morgan fingerprint density at radius 2 is 2.21 bits per heavy atom. The smallest absolute Gasteiger partial charge is 0.193 e. The van der Waals surface area contributed by atoms with Crippen molar-refractivity contribution in [2.24, 2.45) is 5.73 Å². The fourth-order valence-electron chi connectivity index (χ4n) is 2.01. The Morgan fingerprint density at radius 1 is 1.37 bits per heavy atom. The zero-order valence-electron chi connectivity index (χ0n) is 9.88. The maximum atomic E-state index is 6.28. The van der Waals surface area contributed by atoms with Crippen molar-refractivity contribution >= 4 is 48.2 Å². The summed E-state index contributed by atoms with van der Waals surface area (Å²) in [6.07, 6.45) is 4.78. The van der Waals surface area contributed by atoms with E-state index >= 15 is 0 Å². The molecule has 19 heavy (non-hydrogen) atoms. The molecule has 0 bridgehead atoms. The average molecular weight is 401 g/mol. The van der Waals surface area contributed by atoms with E-state index in [-0.39, 0.29) is 6.04 Å². The van der Waals surface area contributed by atoms with E-state index in [2.05, 4.69) is 36.8 Å². The van der Waals surface area contributed by atoms with E-state index in [1.807, 2.05) is 40.4 Å². The van der Waals surface area contributed by atoms with Gasteiger partial charge >= 0.3 is 0 Å². The van der Waals surface area contributed by atoms with Crippen LogP contribution in [0.15, 0.2) is 44.9 Å². The van der Waals surface area contributed by atoms with Crippen LogP contribution in [0, 0.1) is 0 Å². The first-order valence-corrected chi connectivity index (χ1v) is 8.21. The molecule has 6 heteroatoms. The lowest BCUT2D eigenvalue weighted by Crippen LogP contribution is -2.14. The van der Waals surface area contributed by atoms with Gasteiger partial charge in [-0.3, -0.25) is 4.40 Å². The molecule has 0 fully saturated rings. The first kappa shape index (κ1) is 13.3. The van der Waals surface area contributed by atoms with Gasteiger partial charge in [0.1, 0.15) is 0 Å². The van der Waals surface area contributed by atoms with Crippen molar-refractivity contribution in [2.75, 3.05) is 0 Å². The molecule has 2 aromatic heterocycles. The van der Waals surface area contributed by atoms with Gasteiger partial charge in [-0.15, -0.1) is 11.3 Å². The highest BCUT2D eigenvalue weighted by Crippen LogP contribution is 2.27. The summed E-state index contributed by atoms with van der Waals surface area (Å²) in [6, 6.07) is 6.00. The van der Waals surface area contributed by atoms with E-state index in [9.17, 15) is 0 Å². The number of fused-ring (bicyclic) bond motifs is 1. The van der Waals surface area contributed by atoms with Crippen LogP contribution < -0.4 is 5.73 Å². The largest absolute Gasteiger partial charge is 0.324 e. The molecule has 0 aliphatic rings. The molecular formula is C13H11Br2N3S. The molecule has 1 unspecified atom stereocenters. The first-order valence-electron chi connectivity index (χ1n) is 5.75. The zero-order valence-corrected chi connectivity index (χ0v) is 13.9. The normalized spacial score (nSPS) is 13.0. The number of nitrogens with two attached hydrogens (primary N) is 1. The van der Waals surface area contributed by atoms with Gasteiger partial charge in [0.15, 0.2) is 4.96 Å². The predicted molar refractivity (Wildman–Crippen MR) is 85.5 cm³/mol. The van der Waals surface area contributed by atoms with E-state index in [1.54, 1.807) is 11.3 Å². The number of halogens is 2. The zero-order chi connectivity index (χ0) is 13.4. The second-order valence-electron chi connectivity index (χ2n) is 4.30. The Labute approximate surface area is 131 Å². The summed E-state index contributed by atoms with van der Waals surface area (Å²) in [5, 5.41) is 2.03. The third-order valence-corrected chi connectivity index (χ3v) is 4.88. The van der Waals surface area contributed by atoms with Crippen LogP contribution in [0.5, 0.6) is 0 Å². The number of rotatable bonds is 3. The Kier molecular flexibility index (Phi) is 3.75. The molecule has 2 N–H and O–H groups in total. The van der Waals surface area contributed by atoms with E-state index in [0.29, 0.717) is 0 Å². The van der Waals surface area contributed by atoms with E-state index in [0.717, 1.165) is 31.6 Å². The van der Waals surface area contributed by atoms with Crippen LogP contribution in [0.1, 0.15) is 17.3 Å². The van der Waals surface area contributed by atoms with Crippen molar-refractivity contribution in [3.63, 3.8) is 0 Å². The summed E-state index contributed by atoms with van der Waals surface area (Å²) in [6.45, 7) is 0. The van der Waals surface area contributed by atoms with E-state index in [1.165, 1.54) is 0 Å². The molecule has 0 radical (unpaired) electrons. The molecule has 0 saturated heterocycles. The van der Waals surface area contributed by atoms with Crippen LogP contribution in [-0.2, 0) is 6.42 Å². The van der Waals surface area contributed by atoms with Crippen molar-refractivity contribution in [3.8, 4) is 0 Å². The molecular weight excluding hydrogens is 390 g/mol. The van der Waals surface area contributed by atoms with Gasteiger partial charge < -0.3 is 5.73 Å². The van der Waals surface area contributed by atoms with Crippen LogP contribution in [0.3, 0.4) is 0 Å². The van der Waals surface area contributed by atoms with Gasteiger partial charge in [0, 0.05) is 39.2 Å². The molecule has 0 saturated carbocycles. The summed E-state index contributed by atoms with van der Waals surface area (Å²) in [5.74, 6) is 0. The Hall–Kier alpha value is -0.690. The van der Waals surface area contributed by atoms with Crippen LogP contribution in [0.4, 0.5) is 0 Å². The lowest BCUT2D eigenvalue weighted by atomic mass is 10.0. The number of hydrogen-bond acceptors (Lipinski definition) is 3. The topological polar surface area (TPSA) is 43.3 Å². The van der Waals surface area contributed by atoms with Gasteiger partial charge in [-0.2, -0.15) is 0 Å². The van der Waals surface area contributed by atoms with Crippen molar-refractivity contribution in [1.82, 2.24) is 9.38 Å². The van der Waals surface area contributed by atoms with Gasteiger partial charge in [-0.1, -0.05) is 37.9 Å². The number of imidazole rings is 1. The van der Waals surface area contributed by atoms with Gasteiger partial charge in [0.05, 0.1) is 5.69 Å². The van der Waals surface area contributed by atoms with E-state index < -0.39 is 0 Å². The standard InChI is InChI=1S/C13H11Br2N3S/c14-8-1-2-10(11(15)5-8)12(16)6-9-7-18-3-4-19-13(18)17-9/h1-5,7,12H,6,16H2. The molecule has 1 atom stereocenters. The minimum Gasteiger partial charge on any atom is -0.324 e. The summed E-state index contributed by atoms with van der Waals surface area (Å²) in [4.78, 5) is 5.57. The molecule has 2 heterocycles. The fraction of sp³-hybridized carbons (Fsp3) is 0.154. The maximum absolute atomic E-state index is 6.28. The molecule has 0 amide bonds. The fourth-order valence-corrected chi connectivity index (χ4v) is 4.07. The lowest BCUT2D eigenvalue weighted by molar-refractivity contribution is 0.707. The maximum Gasteiger partial charge on any atom is 0.193 e. The minimum absolute atomic E-state index is 0.0629. The molecule has 98 valence electrons. The summed E-state index contributed by atoms with van der Waals surface area (Å²) in [7, 11) is 0. The molecule has 3 nitrogen and oxygen atoms in total. The van der Waals surface area contributed by atoms with Crippen LogP contribution in [0.2, 0.25) is 0 Å². The van der Waals surface area contributed by atoms with Gasteiger partial charge in [-0.25, -0.2) is 4.98 Å². The SMILES string of the molecule is NC(Cc1cn2ccsc2n1)c1ccc(Br)cc1Br. The monoisotopic (exact) mass is 399 g/mol. The molecule has 3 rings (SSSR count). The third kappa shape index (κ3) is 2.76. The van der Waals surface area contributed by atoms with E-state index in [4.69, 9.17) is 5.73 Å². The first-order chi connectivity index (χ1) is 9.13. The minimum atomic E-state index is -0.0629. The van der Waals surface area contributed by atoms with Crippen molar-refractivity contribution in [1.29, 1.82) is 0 Å². The molecule has 3 aromatic rings. The second kappa shape index (κ2) is 5.36. The van der Waals surface area contributed by atoms with Crippen LogP contribution in [-0.4, -0.2) is 9.38 Å². The number of benzene rings is 1. The highest BCUT2D eigenvalue weighted by molar-refractivity contribution is 9.11. The third-order valence-electron chi connectivity index (χ3n) is 2.93. The number of hydrogen-bond donors (Lipinski definition) is 1. The molecule has 0 aliphatic heterocycles. The van der Waals surface area contributed by atoms with Crippen LogP contribution in [0.25, 0.3) is 4.96 Å². The second-order valence-corrected chi connectivity index (χ2v) is 6.94. The van der Waals surface area contributed by atoms with Crippen molar-refractivity contribution < 1.29 is 0 Å². The Bertz CT molecular complexity index is 691. The van der Waals surface area contributed by atoms with Gasteiger partial charge in [-0.05, 0) is 17.7 Å². The summed E-state index contributed by atoms with van der Waals surface area (Å²) >= 11 is 8.63. The quantitative estimate of drug-likeness (QED) is 0.717. The highest BCUT2D eigenvalue weighted by Gasteiger charge is 2.13. The molecule has 0 spiro atoms. The van der Waals surface area contributed by atoms with Crippen molar-refractivity contribution in [3.05, 3.63) is 56.2 Å². The number of nitrogens with zero attached hydrogens (tertiary/aromatic N) is 2. The number of thiazole rings is 1. The average Bonchev–Trinajstić information content (AvgIpc) is 2.89. The predicted octanol–water partition coefficient (Wildman–Crippen LogP) is 4.16. The highest BCUT2D eigenvalue weighted by atomic mass is 79.9. The number of aromatic nitrogens is 2. The Balaban J connectivity index is 1.84. The molecule has 0 aliphatic carbocycles. The summed E-state index contributed by atoms with van der Waals surface area (Å²) in [5.41, 5.74) is 8.40. The van der Waals surface area contributed by atoms with Gasteiger partial charge in [0.25, 0.3) is 0 Å². The Morgan fingerprint density at radius 3 is 2.95 bits per heavy atom.